The summed E-state index contributed by atoms with van der Waals surface area (Å²) in [5.41, 5.74) is 2.58. The monoisotopic (exact) mass is 147 g/mol. The molecule has 0 aromatic heterocycles. The van der Waals surface area contributed by atoms with Crippen LogP contribution in [0.25, 0.3) is 0 Å². The third-order valence-corrected chi connectivity index (χ3v) is 1.75. The van der Waals surface area contributed by atoms with Gasteiger partial charge in [0.25, 0.3) is 0 Å². The van der Waals surface area contributed by atoms with E-state index in [4.69, 9.17) is 0 Å². The number of hydrogen-bond acceptors (Lipinski definition) is 1. The molecule has 1 heteroatoms. The number of nitrogens with zero attached hydrogens (tertiary/aromatic N) is 1. The summed E-state index contributed by atoms with van der Waals surface area (Å²) in [4.78, 5) is 3.96. The minimum Gasteiger partial charge on any atom is -0.214 e. The molecule has 0 spiro atoms. The third-order valence-electron chi connectivity index (χ3n) is 1.75. The van der Waals surface area contributed by atoms with Crippen LogP contribution in [0.3, 0.4) is 0 Å². The molecule has 0 amide bonds. The molecule has 0 aromatic rings. The average molecular weight is 147 g/mol. The zero-order valence-electron chi connectivity index (χ0n) is 7.26. The van der Waals surface area contributed by atoms with Crippen molar-refractivity contribution in [2.24, 2.45) is 10.9 Å². The average Bonchev–Trinajstić information content (AvgIpc) is 2.13. The third kappa shape index (κ3) is 1.92. The maximum absolute atomic E-state index is 3.96. The van der Waals surface area contributed by atoms with Gasteiger partial charge in [0.1, 0.15) is 0 Å². The Morgan fingerprint density at radius 1 is 1.45 bits per heavy atom. The van der Waals surface area contributed by atoms with Gasteiger partial charge in [-0.3, -0.25) is 0 Å². The van der Waals surface area contributed by atoms with Gasteiger partial charge in [-0.05, 0) is 42.0 Å². The van der Waals surface area contributed by atoms with Crippen LogP contribution in [0.5, 0.6) is 0 Å². The van der Waals surface area contributed by atoms with Crippen LogP contribution in [0.4, 0.5) is 0 Å². The van der Waals surface area contributed by atoms with Gasteiger partial charge in [0.05, 0.1) is 0 Å². The minimum atomic E-state index is 0.567. The summed E-state index contributed by atoms with van der Waals surface area (Å²) in [6.07, 6.45) is 5.80. The van der Waals surface area contributed by atoms with Crippen LogP contribution in [0, 0.1) is 5.92 Å². The highest BCUT2D eigenvalue weighted by Gasteiger charge is 2.04. The van der Waals surface area contributed by atoms with Crippen LogP contribution in [-0.4, -0.2) is 5.87 Å². The Kier molecular flexibility index (Phi) is 2.45. The van der Waals surface area contributed by atoms with E-state index in [0.717, 1.165) is 0 Å². The van der Waals surface area contributed by atoms with Gasteiger partial charge in [-0.15, -0.1) is 0 Å². The van der Waals surface area contributed by atoms with E-state index in [-0.39, 0.29) is 0 Å². The van der Waals surface area contributed by atoms with Crippen LogP contribution in [0.15, 0.2) is 34.5 Å². The summed E-state index contributed by atoms with van der Waals surface area (Å²) < 4.78 is 0. The van der Waals surface area contributed by atoms with Crippen LogP contribution in [-0.2, 0) is 0 Å². The van der Waals surface area contributed by atoms with Gasteiger partial charge in [-0.25, -0.2) is 4.99 Å². The Morgan fingerprint density at radius 2 is 2.18 bits per heavy atom. The molecule has 1 aliphatic rings. The van der Waals surface area contributed by atoms with Crippen molar-refractivity contribution < 1.29 is 0 Å². The van der Waals surface area contributed by atoms with Crippen molar-refractivity contribution in [2.45, 2.75) is 20.8 Å². The predicted molar refractivity (Wildman–Crippen MR) is 48.7 cm³/mol. The molecule has 0 radical (unpaired) electrons. The Bertz CT molecular complexity index is 261. The lowest BCUT2D eigenvalue weighted by molar-refractivity contribution is 0.777. The highest BCUT2D eigenvalue weighted by Crippen LogP contribution is 2.19. The van der Waals surface area contributed by atoms with E-state index in [9.17, 15) is 0 Å². The molecule has 0 N–H and O–H groups in total. The second-order valence-electron chi connectivity index (χ2n) is 3.01. The number of aliphatic imine (C=N–C) groups is 1. The molecule has 0 unspecified atom stereocenters. The van der Waals surface area contributed by atoms with Gasteiger partial charge >= 0.3 is 0 Å². The van der Waals surface area contributed by atoms with Crippen LogP contribution < -0.4 is 0 Å². The second-order valence-corrected chi connectivity index (χ2v) is 3.01. The van der Waals surface area contributed by atoms with E-state index in [2.05, 4.69) is 37.7 Å². The largest absolute Gasteiger partial charge is 0.214 e. The van der Waals surface area contributed by atoms with Crippen LogP contribution in [0.2, 0.25) is 0 Å². The maximum Gasteiger partial charge on any atom is 0.0400 e. The first-order valence-electron chi connectivity index (χ1n) is 3.87. The van der Waals surface area contributed by atoms with Crippen LogP contribution >= 0.6 is 0 Å². The van der Waals surface area contributed by atoms with Crippen molar-refractivity contribution in [1.29, 1.82) is 0 Å². The molecule has 0 aromatic carbocycles. The summed E-state index contributed by atoms with van der Waals surface area (Å²) in [6.45, 7) is 6.45. The summed E-state index contributed by atoms with van der Waals surface area (Å²) in [5, 5.41) is 0. The van der Waals surface area contributed by atoms with E-state index >= 15 is 0 Å². The predicted octanol–water partition coefficient (Wildman–Crippen LogP) is 2.71. The molecule has 1 rings (SSSR count). The maximum atomic E-state index is 3.96. The van der Waals surface area contributed by atoms with Crippen molar-refractivity contribution in [2.75, 3.05) is 0 Å². The molecule has 0 bridgehead atoms. The van der Waals surface area contributed by atoms with Gasteiger partial charge in [-0.1, -0.05) is 13.8 Å². The second kappa shape index (κ2) is 3.36. The van der Waals surface area contributed by atoms with Crippen molar-refractivity contribution in [3.8, 4) is 0 Å². The quantitative estimate of drug-likeness (QED) is 0.540. The Balaban J connectivity index is 2.97. The van der Waals surface area contributed by atoms with Gasteiger partial charge < -0.3 is 0 Å². The molecule has 1 heterocycles. The van der Waals surface area contributed by atoms with Gasteiger partial charge in [0, 0.05) is 6.20 Å². The van der Waals surface area contributed by atoms with Crippen molar-refractivity contribution >= 4 is 5.87 Å². The first-order valence-corrected chi connectivity index (χ1v) is 3.87. The summed E-state index contributed by atoms with van der Waals surface area (Å²) >= 11 is 0. The lowest BCUT2D eigenvalue weighted by atomic mass is 9.97. The van der Waals surface area contributed by atoms with Gasteiger partial charge in [-0.2, -0.15) is 0 Å². The van der Waals surface area contributed by atoms with E-state index in [1.54, 1.807) is 0 Å². The normalized spacial score (nSPS) is 16.4. The zero-order valence-corrected chi connectivity index (χ0v) is 7.26. The highest BCUT2D eigenvalue weighted by atomic mass is 14.6. The van der Waals surface area contributed by atoms with Crippen molar-refractivity contribution in [1.82, 2.24) is 0 Å². The Morgan fingerprint density at radius 3 is 2.82 bits per heavy atom. The molecule has 0 saturated carbocycles. The molecule has 0 fully saturated rings. The minimum absolute atomic E-state index is 0.567. The number of rotatable bonds is 1. The first-order chi connectivity index (χ1) is 5.22. The lowest BCUT2D eigenvalue weighted by Crippen LogP contribution is -1.94. The first kappa shape index (κ1) is 8.03. The van der Waals surface area contributed by atoms with E-state index in [1.807, 2.05) is 12.3 Å². The smallest absolute Gasteiger partial charge is 0.0400 e. The standard InChI is InChI=1S/C10H13N/c1-8(2)10-5-4-6-11-7-9(10)3/h4-5,7-8H,1-3H3. The Labute approximate surface area is 67.8 Å². The number of allylic oxidation sites excluding steroid dienone is 4. The Hall–Kier alpha value is -1.07. The molecule has 1 nitrogen and oxygen atoms in total. The lowest BCUT2D eigenvalue weighted by Gasteiger charge is -2.08. The SMILES string of the molecule is CC1=CN=C=CC=C1C(C)C. The van der Waals surface area contributed by atoms with Gasteiger partial charge in [0.15, 0.2) is 0 Å². The summed E-state index contributed by atoms with van der Waals surface area (Å²) in [5.74, 6) is 3.38. The fourth-order valence-corrected chi connectivity index (χ4v) is 1.16. The summed E-state index contributed by atoms with van der Waals surface area (Å²) in [7, 11) is 0. The molecule has 0 saturated heterocycles. The fourth-order valence-electron chi connectivity index (χ4n) is 1.16. The van der Waals surface area contributed by atoms with Crippen molar-refractivity contribution in [3.05, 3.63) is 29.5 Å². The topological polar surface area (TPSA) is 12.4 Å². The molecule has 11 heavy (non-hydrogen) atoms. The van der Waals surface area contributed by atoms with Gasteiger partial charge in [0.2, 0.25) is 0 Å². The van der Waals surface area contributed by atoms with E-state index in [1.165, 1.54) is 11.1 Å². The molecular formula is C10H13N. The number of hydrogen-bond donors (Lipinski definition) is 0. The molecular weight excluding hydrogens is 134 g/mol. The highest BCUT2D eigenvalue weighted by molar-refractivity contribution is 5.59. The van der Waals surface area contributed by atoms with Crippen molar-refractivity contribution in [3.63, 3.8) is 0 Å². The molecule has 58 valence electrons. The fraction of sp³-hybridized carbons (Fsp3) is 0.400. The molecule has 0 atom stereocenters. The van der Waals surface area contributed by atoms with Crippen LogP contribution in [0.1, 0.15) is 20.8 Å². The molecule has 1 aliphatic heterocycles. The van der Waals surface area contributed by atoms with E-state index in [0.29, 0.717) is 5.92 Å². The van der Waals surface area contributed by atoms with E-state index < -0.39 is 0 Å². The zero-order chi connectivity index (χ0) is 8.27. The molecule has 0 aliphatic carbocycles. The summed E-state index contributed by atoms with van der Waals surface area (Å²) in [6, 6.07) is 0.